The highest BCUT2D eigenvalue weighted by Crippen LogP contribution is 2.47. The maximum Gasteiger partial charge on any atom is 0.417 e. The molecule has 0 fully saturated rings. The minimum Gasteiger partial charge on any atom is -0.309 e. The predicted molar refractivity (Wildman–Crippen MR) is 392 cm³/mol. The molecule has 10 heteroatoms. The summed E-state index contributed by atoms with van der Waals surface area (Å²) in [5.41, 5.74) is 15.8. The summed E-state index contributed by atoms with van der Waals surface area (Å²) < 4.78 is 62.0. The van der Waals surface area contributed by atoms with Crippen molar-refractivity contribution in [2.24, 2.45) is 0 Å². The summed E-state index contributed by atoms with van der Waals surface area (Å²) in [6.45, 7) is 1.75. The fourth-order valence-corrected chi connectivity index (χ4v) is 16.4. The predicted octanol–water partition coefficient (Wildman–Crippen LogP) is 23.1. The highest BCUT2D eigenvalue weighted by molar-refractivity contribution is 6.17. The third kappa shape index (κ3) is 7.79. The Balaban J connectivity index is 0.958. The van der Waals surface area contributed by atoms with E-state index in [0.29, 0.717) is 22.5 Å². The molecule has 14 aromatic carbocycles. The first kappa shape index (κ1) is 54.7. The molecule has 0 aliphatic carbocycles. The van der Waals surface area contributed by atoms with E-state index in [1.165, 1.54) is 12.1 Å². The monoisotopic (exact) mass is 1250 g/mol. The van der Waals surface area contributed by atoms with E-state index in [2.05, 4.69) is 300 Å². The summed E-state index contributed by atoms with van der Waals surface area (Å²) in [6.07, 6.45) is -4.75. The Bertz CT molecular complexity index is 5920. The number of hydrogen-bond acceptors (Lipinski definition) is 1. The molecular formula is C87H52F3N7. The number of aromatic nitrogens is 6. The lowest BCUT2D eigenvalue weighted by molar-refractivity contribution is -0.137. The van der Waals surface area contributed by atoms with Crippen LogP contribution in [0.4, 0.5) is 13.2 Å². The number of nitrogens with zero attached hydrogens (tertiary/aromatic N) is 7. The molecule has 20 rings (SSSR count). The number of hydrogen-bond donors (Lipinski definition) is 0. The van der Waals surface area contributed by atoms with Crippen molar-refractivity contribution in [3.05, 3.63) is 314 Å². The van der Waals surface area contributed by atoms with Crippen LogP contribution in [0.3, 0.4) is 0 Å². The summed E-state index contributed by atoms with van der Waals surface area (Å²) >= 11 is 0. The second-order valence-electron chi connectivity index (χ2n) is 25.5. The quantitative estimate of drug-likeness (QED) is 0.157. The Kier molecular flexibility index (Phi) is 11.5. The number of nitriles is 1. The average Bonchev–Trinajstić information content (AvgIpc) is 1.57. The molecule has 7 nitrogen and oxygen atoms in total. The van der Waals surface area contributed by atoms with Crippen molar-refractivity contribution in [1.82, 2.24) is 27.4 Å². The molecule has 97 heavy (non-hydrogen) atoms. The minimum atomic E-state index is -4.75. The van der Waals surface area contributed by atoms with E-state index in [4.69, 9.17) is 0 Å². The molecule has 0 radical (unpaired) electrons. The van der Waals surface area contributed by atoms with Gasteiger partial charge in [-0.15, -0.1) is 0 Å². The van der Waals surface area contributed by atoms with Gasteiger partial charge in [0.15, 0.2) is 0 Å². The minimum absolute atomic E-state index is 0.0254. The first-order chi connectivity index (χ1) is 47.7. The van der Waals surface area contributed by atoms with Crippen LogP contribution in [0.2, 0.25) is 0 Å². The molecule has 0 spiro atoms. The van der Waals surface area contributed by atoms with E-state index >= 15 is 13.2 Å². The fraction of sp³-hybridized carbons (Fsp3) is 0.0230. The number of rotatable bonds is 7. The molecule has 456 valence electrons. The van der Waals surface area contributed by atoms with E-state index in [0.717, 1.165) is 154 Å². The summed E-state index contributed by atoms with van der Waals surface area (Å²) in [7, 11) is 0. The standard InChI is InChI=1S/C87H52F3N7/c1-52-19-18-28-71(87(88,89)90)86(52)53-45-80(96-82-47-54(92-72-29-10-2-20-58(72)59-21-3-11-30-73(59)92)37-41-66(82)67-42-38-55(48-83(67)96)93-74-31-12-4-22-60(74)61-23-5-13-32-75(61)93)70(51-91)81(46-53)97-84-49-56(94-76-33-14-6-24-62(76)63-25-7-15-34-77(63)94)39-43-68(84)69-44-40-57(50-85(69)97)95-78-35-16-8-26-64(78)65-27-9-17-36-79(65)95/h2-50H,1H3. The largest absolute Gasteiger partial charge is 0.417 e. The van der Waals surface area contributed by atoms with Gasteiger partial charge in [-0.05, 0) is 139 Å². The lowest BCUT2D eigenvalue weighted by Gasteiger charge is -2.21. The van der Waals surface area contributed by atoms with E-state index in [-0.39, 0.29) is 11.1 Å². The smallest absolute Gasteiger partial charge is 0.309 e. The Morgan fingerprint density at radius 3 is 0.763 bits per heavy atom. The number of aryl methyl sites for hydroxylation is 1. The summed E-state index contributed by atoms with van der Waals surface area (Å²) in [5.74, 6) is 0. The summed E-state index contributed by atoms with van der Waals surface area (Å²) in [5, 5.41) is 25.1. The van der Waals surface area contributed by atoms with Crippen LogP contribution < -0.4 is 0 Å². The van der Waals surface area contributed by atoms with Gasteiger partial charge in [-0.1, -0.05) is 182 Å². The second kappa shape index (κ2) is 20.3. The third-order valence-corrected chi connectivity index (χ3v) is 20.4. The topological polar surface area (TPSA) is 53.4 Å². The van der Waals surface area contributed by atoms with Gasteiger partial charge >= 0.3 is 6.18 Å². The van der Waals surface area contributed by atoms with Gasteiger partial charge in [0.2, 0.25) is 0 Å². The third-order valence-electron chi connectivity index (χ3n) is 20.4. The van der Waals surface area contributed by atoms with E-state index in [9.17, 15) is 5.26 Å². The van der Waals surface area contributed by atoms with E-state index < -0.39 is 11.7 Å². The molecule has 0 atom stereocenters. The van der Waals surface area contributed by atoms with Gasteiger partial charge < -0.3 is 27.4 Å². The molecule has 0 unspecified atom stereocenters. The molecule has 6 aromatic heterocycles. The zero-order valence-electron chi connectivity index (χ0n) is 52.1. The molecule has 20 aromatic rings. The van der Waals surface area contributed by atoms with Crippen LogP contribution in [-0.4, -0.2) is 27.4 Å². The first-order valence-corrected chi connectivity index (χ1v) is 32.5. The normalized spacial score (nSPS) is 12.3. The number of benzene rings is 14. The van der Waals surface area contributed by atoms with Gasteiger partial charge in [-0.3, -0.25) is 0 Å². The SMILES string of the molecule is Cc1cccc(C(F)(F)F)c1-c1cc(-n2c3cc(-n4c5ccccc5c5ccccc54)ccc3c3ccc(-n4c5ccccc5c5ccccc54)cc32)c(C#N)c(-n2c3cc(-n4c5ccccc5c5ccccc54)ccc3c3ccc(-n4c5ccccc5c5ccccc54)cc32)c1. The molecule has 0 aliphatic rings. The van der Waals surface area contributed by atoms with Gasteiger partial charge in [0.05, 0.1) is 83.1 Å². The molecule has 6 heterocycles. The number of halogens is 3. The van der Waals surface area contributed by atoms with Gasteiger partial charge in [0.25, 0.3) is 0 Å². The van der Waals surface area contributed by atoms with Crippen LogP contribution in [0, 0.1) is 18.3 Å². The van der Waals surface area contributed by atoms with E-state index in [1.54, 1.807) is 13.0 Å². The Hall–Kier alpha value is -12.8. The molecule has 0 amide bonds. The molecular weight excluding hydrogens is 1200 g/mol. The van der Waals surface area contributed by atoms with Crippen molar-refractivity contribution in [2.45, 2.75) is 13.1 Å². The van der Waals surface area contributed by atoms with E-state index in [1.807, 2.05) is 12.1 Å². The Morgan fingerprint density at radius 1 is 0.268 bits per heavy atom. The van der Waals surface area contributed by atoms with Crippen molar-refractivity contribution >= 4 is 131 Å². The van der Waals surface area contributed by atoms with Crippen LogP contribution in [0.15, 0.2) is 297 Å². The first-order valence-electron chi connectivity index (χ1n) is 32.5. The van der Waals surface area contributed by atoms with Crippen molar-refractivity contribution in [3.63, 3.8) is 0 Å². The highest BCUT2D eigenvalue weighted by atomic mass is 19.4. The highest BCUT2D eigenvalue weighted by Gasteiger charge is 2.35. The average molecular weight is 1250 g/mol. The van der Waals surface area contributed by atoms with Crippen LogP contribution in [0.5, 0.6) is 0 Å². The fourth-order valence-electron chi connectivity index (χ4n) is 16.4. The van der Waals surface area contributed by atoms with Crippen LogP contribution >= 0.6 is 0 Å². The number of para-hydroxylation sites is 8. The molecule has 0 bridgehead atoms. The van der Waals surface area contributed by atoms with Gasteiger partial charge in [0, 0.05) is 87.4 Å². The molecule has 0 saturated heterocycles. The van der Waals surface area contributed by atoms with Crippen LogP contribution in [-0.2, 0) is 6.18 Å². The lowest BCUT2D eigenvalue weighted by Crippen LogP contribution is -2.10. The zero-order valence-corrected chi connectivity index (χ0v) is 52.1. The van der Waals surface area contributed by atoms with Gasteiger partial charge in [0.1, 0.15) is 11.6 Å². The van der Waals surface area contributed by atoms with Crippen LogP contribution in [0.1, 0.15) is 16.7 Å². The molecule has 0 saturated carbocycles. The number of alkyl halides is 3. The van der Waals surface area contributed by atoms with Crippen molar-refractivity contribution in [3.8, 4) is 51.3 Å². The molecule has 0 aliphatic heterocycles. The summed E-state index contributed by atoms with van der Waals surface area (Å²) in [6, 6.07) is 104. The van der Waals surface area contributed by atoms with Gasteiger partial charge in [-0.2, -0.15) is 18.4 Å². The van der Waals surface area contributed by atoms with Crippen LogP contribution in [0.25, 0.3) is 176 Å². The zero-order chi connectivity index (χ0) is 64.5. The second-order valence-corrected chi connectivity index (χ2v) is 25.5. The van der Waals surface area contributed by atoms with Crippen molar-refractivity contribution in [2.75, 3.05) is 0 Å². The number of fused-ring (bicyclic) bond motifs is 18. The Labute approximate surface area is 552 Å². The van der Waals surface area contributed by atoms with Crippen molar-refractivity contribution < 1.29 is 13.2 Å². The van der Waals surface area contributed by atoms with Crippen molar-refractivity contribution in [1.29, 1.82) is 5.26 Å². The maximum absolute atomic E-state index is 16.2. The summed E-state index contributed by atoms with van der Waals surface area (Å²) in [4.78, 5) is 0. The Morgan fingerprint density at radius 2 is 0.515 bits per heavy atom. The lowest BCUT2D eigenvalue weighted by atomic mass is 9.92. The molecule has 0 N–H and O–H groups in total. The maximum atomic E-state index is 16.2. The van der Waals surface area contributed by atoms with Gasteiger partial charge in [-0.25, -0.2) is 0 Å².